The Morgan fingerprint density at radius 3 is 2.40 bits per heavy atom. The molecule has 0 aromatic heterocycles. The number of carbonyl (C=O) groups excluding carboxylic acids is 3. The first kappa shape index (κ1) is 26.0. The van der Waals surface area contributed by atoms with Gasteiger partial charge in [-0.3, -0.25) is 14.4 Å². The molecule has 1 fully saturated rings. The molecule has 3 heterocycles. The normalized spacial score (nSPS) is 23.2. The van der Waals surface area contributed by atoms with Gasteiger partial charge in [0.05, 0.1) is 24.1 Å². The van der Waals surface area contributed by atoms with Gasteiger partial charge >= 0.3 is 0 Å². The molecule has 0 saturated carbocycles. The second-order valence-corrected chi connectivity index (χ2v) is 11.0. The summed E-state index contributed by atoms with van der Waals surface area (Å²) in [5.74, 6) is -1.31. The third-order valence-electron chi connectivity index (χ3n) is 8.79. The van der Waals surface area contributed by atoms with Crippen LogP contribution in [-0.4, -0.2) is 35.0 Å². The molecular weight excluding hydrogens is 524 g/mol. The van der Waals surface area contributed by atoms with Gasteiger partial charge in [0.15, 0.2) is 11.6 Å². The van der Waals surface area contributed by atoms with Gasteiger partial charge in [0.1, 0.15) is 17.2 Å². The van der Waals surface area contributed by atoms with E-state index in [1.165, 1.54) is 0 Å². The number of hydrogen-bond acceptors (Lipinski definition) is 5. The van der Waals surface area contributed by atoms with Crippen LogP contribution in [0.2, 0.25) is 0 Å². The molecule has 6 heteroatoms. The number of ether oxygens (including phenoxy) is 1. The molecule has 1 saturated heterocycles. The number of Topliss-reactive ketones (excluding diaryl/α,β-unsaturated/α-hetero) is 2. The summed E-state index contributed by atoms with van der Waals surface area (Å²) in [5.41, 5.74) is 2.77. The van der Waals surface area contributed by atoms with Crippen molar-refractivity contribution in [3.05, 3.63) is 137 Å². The highest BCUT2D eigenvalue weighted by atomic mass is 16.5. The molecule has 0 aliphatic carbocycles. The summed E-state index contributed by atoms with van der Waals surface area (Å²) in [5, 5.41) is 3.09. The number of rotatable bonds is 7. The first-order valence-electron chi connectivity index (χ1n) is 14.4. The van der Waals surface area contributed by atoms with Crippen molar-refractivity contribution in [3.8, 4) is 5.75 Å². The zero-order valence-electron chi connectivity index (χ0n) is 23.2. The molecule has 1 amide bonds. The summed E-state index contributed by atoms with van der Waals surface area (Å²) in [4.78, 5) is 46.2. The van der Waals surface area contributed by atoms with Crippen molar-refractivity contribution < 1.29 is 19.1 Å². The number of carbonyl (C=O) groups is 3. The van der Waals surface area contributed by atoms with E-state index in [-0.39, 0.29) is 17.5 Å². The number of anilines is 1. The van der Waals surface area contributed by atoms with Crippen molar-refractivity contribution in [1.29, 1.82) is 0 Å². The van der Waals surface area contributed by atoms with Crippen molar-refractivity contribution in [1.82, 2.24) is 4.90 Å². The third-order valence-corrected chi connectivity index (χ3v) is 8.79. The van der Waals surface area contributed by atoms with Crippen molar-refractivity contribution in [2.45, 2.75) is 30.8 Å². The van der Waals surface area contributed by atoms with E-state index in [2.05, 4.69) is 5.32 Å². The SMILES string of the molecule is CCCOc1ccccc1C(=O)[C@@H]1[C@@H](C(=O)c2ccccc2)[C@@]2(C(=O)Nc3ccccc32)[C@H]2c3ccccc3C=CN12. The Bertz CT molecular complexity index is 1750. The molecule has 4 atom stereocenters. The highest BCUT2D eigenvalue weighted by Crippen LogP contribution is 2.62. The second kappa shape index (κ2) is 10.1. The van der Waals surface area contributed by atoms with Crippen LogP contribution in [0.15, 0.2) is 109 Å². The predicted octanol–water partition coefficient (Wildman–Crippen LogP) is 6.46. The van der Waals surface area contributed by atoms with Gasteiger partial charge in [0.2, 0.25) is 5.91 Å². The zero-order valence-corrected chi connectivity index (χ0v) is 23.2. The molecule has 6 nitrogen and oxygen atoms in total. The number of nitrogens with zero attached hydrogens (tertiary/aromatic N) is 1. The van der Waals surface area contributed by atoms with E-state index >= 15 is 0 Å². The topological polar surface area (TPSA) is 75.7 Å². The molecule has 0 unspecified atom stereocenters. The average Bonchev–Trinajstić information content (AvgIpc) is 3.52. The minimum Gasteiger partial charge on any atom is -0.493 e. The van der Waals surface area contributed by atoms with E-state index in [0.717, 1.165) is 23.1 Å². The predicted molar refractivity (Wildman–Crippen MR) is 161 cm³/mol. The van der Waals surface area contributed by atoms with Gasteiger partial charge in [-0.05, 0) is 47.4 Å². The van der Waals surface area contributed by atoms with Gasteiger partial charge in [0, 0.05) is 17.5 Å². The minimum atomic E-state index is -1.36. The van der Waals surface area contributed by atoms with Gasteiger partial charge in [0.25, 0.3) is 0 Å². The molecule has 1 N–H and O–H groups in total. The Balaban J connectivity index is 1.52. The van der Waals surface area contributed by atoms with Gasteiger partial charge in [-0.1, -0.05) is 91.9 Å². The molecular formula is C36H30N2O4. The Morgan fingerprint density at radius 1 is 0.857 bits per heavy atom. The first-order valence-corrected chi connectivity index (χ1v) is 14.4. The molecule has 0 bridgehead atoms. The lowest BCUT2D eigenvalue weighted by molar-refractivity contribution is -0.122. The average molecular weight is 555 g/mol. The lowest BCUT2D eigenvalue weighted by Crippen LogP contribution is -2.49. The number of hydrogen-bond donors (Lipinski definition) is 1. The third kappa shape index (κ3) is 3.68. The van der Waals surface area contributed by atoms with Gasteiger partial charge in [-0.2, -0.15) is 0 Å². The summed E-state index contributed by atoms with van der Waals surface area (Å²) in [6.45, 7) is 2.47. The standard InChI is InChI=1S/C36H30N2O4/c1-2-22-42-29-19-11-8-16-26(29)33(40)31-30(32(39)24-13-4-3-5-14-24)36(27-17-9-10-18-28(27)37-35(36)41)34-25-15-7-6-12-23(25)20-21-38(31)34/h3-21,30-31,34H,2,22H2,1H3,(H,37,41)/t30-,31-,34+,36+/m0/s1. The van der Waals surface area contributed by atoms with E-state index < -0.39 is 23.4 Å². The van der Waals surface area contributed by atoms with Crippen LogP contribution in [0.1, 0.15) is 56.8 Å². The quantitative estimate of drug-likeness (QED) is 0.266. The number of para-hydroxylation sites is 2. The van der Waals surface area contributed by atoms with E-state index in [9.17, 15) is 14.4 Å². The minimum absolute atomic E-state index is 0.243. The lowest BCUT2D eigenvalue weighted by Gasteiger charge is -2.38. The molecule has 0 radical (unpaired) electrons. The van der Waals surface area contributed by atoms with Gasteiger partial charge < -0.3 is 15.0 Å². The Morgan fingerprint density at radius 2 is 1.57 bits per heavy atom. The molecule has 4 aromatic rings. The van der Waals surface area contributed by atoms with Gasteiger partial charge in [-0.25, -0.2) is 0 Å². The molecule has 42 heavy (non-hydrogen) atoms. The Kier molecular flexibility index (Phi) is 6.27. The molecule has 4 aromatic carbocycles. The molecule has 7 rings (SSSR count). The summed E-state index contributed by atoms with van der Waals surface area (Å²) in [6.07, 6.45) is 4.64. The fourth-order valence-corrected chi connectivity index (χ4v) is 7.12. The fourth-order valence-electron chi connectivity index (χ4n) is 7.12. The summed E-state index contributed by atoms with van der Waals surface area (Å²) < 4.78 is 6.01. The van der Waals surface area contributed by atoms with E-state index in [1.54, 1.807) is 30.3 Å². The summed E-state index contributed by atoms with van der Waals surface area (Å²) in [7, 11) is 0. The largest absolute Gasteiger partial charge is 0.493 e. The molecule has 208 valence electrons. The monoisotopic (exact) mass is 554 g/mol. The maximum Gasteiger partial charge on any atom is 0.238 e. The first-order chi connectivity index (χ1) is 20.6. The lowest BCUT2D eigenvalue weighted by atomic mass is 9.62. The van der Waals surface area contributed by atoms with Crippen LogP contribution in [0, 0.1) is 5.92 Å². The number of nitrogens with one attached hydrogen (secondary N) is 1. The van der Waals surface area contributed by atoms with Crippen LogP contribution in [0.25, 0.3) is 6.08 Å². The maximum absolute atomic E-state index is 14.9. The maximum atomic E-state index is 14.9. The number of benzene rings is 4. The summed E-state index contributed by atoms with van der Waals surface area (Å²) >= 11 is 0. The number of ketones is 2. The van der Waals surface area contributed by atoms with Crippen molar-refractivity contribution >= 4 is 29.2 Å². The Labute approximate surface area is 244 Å². The van der Waals surface area contributed by atoms with Crippen LogP contribution in [0.3, 0.4) is 0 Å². The highest BCUT2D eigenvalue weighted by Gasteiger charge is 2.70. The summed E-state index contributed by atoms with van der Waals surface area (Å²) in [6, 6.07) is 30.1. The number of amides is 1. The van der Waals surface area contributed by atoms with Crippen LogP contribution >= 0.6 is 0 Å². The second-order valence-electron chi connectivity index (χ2n) is 11.0. The van der Waals surface area contributed by atoms with Crippen molar-refractivity contribution in [2.24, 2.45) is 5.92 Å². The van der Waals surface area contributed by atoms with E-state index in [4.69, 9.17) is 4.74 Å². The van der Waals surface area contributed by atoms with Crippen LogP contribution in [0.5, 0.6) is 5.75 Å². The van der Waals surface area contributed by atoms with Gasteiger partial charge in [-0.15, -0.1) is 0 Å². The van der Waals surface area contributed by atoms with Crippen LogP contribution in [0.4, 0.5) is 5.69 Å². The Hall–Kier alpha value is -4.97. The molecule has 3 aliphatic heterocycles. The molecule has 1 spiro atoms. The van der Waals surface area contributed by atoms with Crippen LogP contribution < -0.4 is 10.1 Å². The smallest absolute Gasteiger partial charge is 0.238 e. The van der Waals surface area contributed by atoms with E-state index in [1.807, 2.05) is 96.9 Å². The fraction of sp³-hybridized carbons (Fsp3) is 0.194. The number of fused-ring (bicyclic) bond motifs is 6. The van der Waals surface area contributed by atoms with Crippen molar-refractivity contribution in [2.75, 3.05) is 11.9 Å². The van der Waals surface area contributed by atoms with Crippen molar-refractivity contribution in [3.63, 3.8) is 0 Å². The molecule has 3 aliphatic rings. The van der Waals surface area contributed by atoms with Crippen LogP contribution in [-0.2, 0) is 10.2 Å². The van der Waals surface area contributed by atoms with E-state index in [0.29, 0.717) is 29.2 Å². The zero-order chi connectivity index (χ0) is 28.8. The highest BCUT2D eigenvalue weighted by molar-refractivity contribution is 6.17.